The van der Waals surface area contributed by atoms with Crippen LogP contribution < -0.4 is 9.47 Å². The molecule has 0 atom stereocenters. The molecule has 0 fully saturated rings. The molecule has 0 saturated heterocycles. The number of ether oxygens (including phenoxy) is 2. The summed E-state index contributed by atoms with van der Waals surface area (Å²) < 4.78 is 11.3. The maximum atomic E-state index is 10.6. The molecular weight excluding hydrogens is 304 g/mol. The fourth-order valence-electron chi connectivity index (χ4n) is 2.17. The molecule has 126 valence electrons. The molecule has 2 aromatic rings. The number of rotatable bonds is 8. The van der Waals surface area contributed by atoms with Crippen molar-refractivity contribution in [2.75, 3.05) is 13.2 Å². The van der Waals surface area contributed by atoms with Crippen molar-refractivity contribution in [3.63, 3.8) is 0 Å². The van der Waals surface area contributed by atoms with Crippen LogP contribution in [-0.4, -0.2) is 24.3 Å². The van der Waals surface area contributed by atoms with Crippen LogP contribution in [0.5, 0.6) is 11.5 Å². The van der Waals surface area contributed by atoms with E-state index < -0.39 is 5.97 Å². The molecule has 0 spiro atoms. The minimum Gasteiger partial charge on any atom is -0.490 e. The first kappa shape index (κ1) is 17.6. The molecule has 0 aliphatic rings. The lowest BCUT2D eigenvalue weighted by molar-refractivity contribution is -0.131. The van der Waals surface area contributed by atoms with E-state index in [2.05, 4.69) is 26.0 Å². The van der Waals surface area contributed by atoms with Gasteiger partial charge in [0.05, 0.1) is 0 Å². The van der Waals surface area contributed by atoms with Crippen molar-refractivity contribution in [1.82, 2.24) is 0 Å². The van der Waals surface area contributed by atoms with Crippen LogP contribution in [0.25, 0.3) is 6.08 Å². The van der Waals surface area contributed by atoms with E-state index in [1.807, 2.05) is 24.3 Å². The van der Waals surface area contributed by atoms with Gasteiger partial charge in [0.15, 0.2) is 0 Å². The summed E-state index contributed by atoms with van der Waals surface area (Å²) in [4.78, 5) is 10.6. The fourth-order valence-corrected chi connectivity index (χ4v) is 2.17. The lowest BCUT2D eigenvalue weighted by Crippen LogP contribution is -2.09. The van der Waals surface area contributed by atoms with Crippen molar-refractivity contribution >= 4 is 12.0 Å². The van der Waals surface area contributed by atoms with E-state index in [1.54, 1.807) is 12.1 Å². The molecule has 0 heterocycles. The highest BCUT2D eigenvalue weighted by atomic mass is 16.5. The number of carboxylic acid groups (broad SMARTS) is 1. The molecule has 0 unspecified atom stereocenters. The first-order valence-electron chi connectivity index (χ1n) is 7.92. The molecule has 0 radical (unpaired) electrons. The molecule has 4 heteroatoms. The molecule has 2 rings (SSSR count). The van der Waals surface area contributed by atoms with Gasteiger partial charge >= 0.3 is 5.97 Å². The zero-order chi connectivity index (χ0) is 17.4. The second kappa shape index (κ2) is 8.77. The highest BCUT2D eigenvalue weighted by Gasteiger charge is 2.02. The van der Waals surface area contributed by atoms with Gasteiger partial charge < -0.3 is 14.6 Å². The van der Waals surface area contributed by atoms with Gasteiger partial charge in [0, 0.05) is 11.6 Å². The Morgan fingerprint density at radius 2 is 1.71 bits per heavy atom. The highest BCUT2D eigenvalue weighted by Crippen LogP contribution is 2.20. The monoisotopic (exact) mass is 326 g/mol. The Bertz CT molecular complexity index is 687. The molecule has 1 N–H and O–H groups in total. The quantitative estimate of drug-likeness (QED) is 0.578. The van der Waals surface area contributed by atoms with E-state index in [0.717, 1.165) is 17.4 Å². The van der Waals surface area contributed by atoms with Gasteiger partial charge in [-0.3, -0.25) is 0 Å². The summed E-state index contributed by atoms with van der Waals surface area (Å²) in [6.07, 6.45) is 2.61. The number of carboxylic acids is 1. The van der Waals surface area contributed by atoms with Crippen LogP contribution in [0.2, 0.25) is 0 Å². The minimum atomic E-state index is -0.988. The molecule has 24 heavy (non-hydrogen) atoms. The number of aliphatic carboxylic acids is 1. The summed E-state index contributed by atoms with van der Waals surface area (Å²) in [5.41, 5.74) is 2.00. The zero-order valence-corrected chi connectivity index (χ0v) is 13.9. The lowest BCUT2D eigenvalue weighted by Gasteiger charge is -2.11. The number of para-hydroxylation sites is 1. The van der Waals surface area contributed by atoms with Crippen LogP contribution in [0.15, 0.2) is 54.6 Å². The molecule has 0 aliphatic carbocycles. The Morgan fingerprint density at radius 3 is 2.38 bits per heavy atom. The molecule has 2 aromatic carbocycles. The Morgan fingerprint density at radius 1 is 1.04 bits per heavy atom. The topological polar surface area (TPSA) is 55.8 Å². The average molecular weight is 326 g/mol. The molecular formula is C20H22O4. The Kier molecular flexibility index (Phi) is 6.43. The lowest BCUT2D eigenvalue weighted by atomic mass is 10.0. The minimum absolute atomic E-state index is 0.379. The third-order valence-electron chi connectivity index (χ3n) is 3.48. The van der Waals surface area contributed by atoms with Gasteiger partial charge in [-0.25, -0.2) is 4.79 Å². The second-order valence-corrected chi connectivity index (χ2v) is 5.63. The van der Waals surface area contributed by atoms with Crippen molar-refractivity contribution in [3.8, 4) is 11.5 Å². The van der Waals surface area contributed by atoms with Crippen molar-refractivity contribution in [2.45, 2.75) is 19.8 Å². The molecule has 0 amide bonds. The highest BCUT2D eigenvalue weighted by molar-refractivity contribution is 5.85. The van der Waals surface area contributed by atoms with Crippen LogP contribution in [0.3, 0.4) is 0 Å². The van der Waals surface area contributed by atoms with Crippen LogP contribution >= 0.6 is 0 Å². The summed E-state index contributed by atoms with van der Waals surface area (Å²) in [6.45, 7) is 5.10. The Labute approximate surface area is 142 Å². The fraction of sp³-hybridized carbons (Fsp3) is 0.250. The average Bonchev–Trinajstić information content (AvgIpc) is 2.58. The zero-order valence-electron chi connectivity index (χ0n) is 13.9. The third kappa shape index (κ3) is 5.47. The van der Waals surface area contributed by atoms with Gasteiger partial charge in [-0.15, -0.1) is 0 Å². The van der Waals surface area contributed by atoms with E-state index in [1.165, 1.54) is 11.6 Å². The van der Waals surface area contributed by atoms with E-state index in [-0.39, 0.29) is 0 Å². The van der Waals surface area contributed by atoms with Gasteiger partial charge in [0.1, 0.15) is 24.7 Å². The van der Waals surface area contributed by atoms with E-state index >= 15 is 0 Å². The summed E-state index contributed by atoms with van der Waals surface area (Å²) >= 11 is 0. The van der Waals surface area contributed by atoms with Crippen LogP contribution in [-0.2, 0) is 4.79 Å². The van der Waals surface area contributed by atoms with Crippen molar-refractivity contribution in [2.24, 2.45) is 0 Å². The smallest absolute Gasteiger partial charge is 0.328 e. The van der Waals surface area contributed by atoms with Crippen LogP contribution in [0, 0.1) is 0 Å². The third-order valence-corrected chi connectivity index (χ3v) is 3.48. The van der Waals surface area contributed by atoms with E-state index in [9.17, 15) is 4.79 Å². The summed E-state index contributed by atoms with van der Waals surface area (Å²) in [5.74, 6) is 0.950. The predicted octanol–water partition coefficient (Wildman–Crippen LogP) is 4.37. The largest absolute Gasteiger partial charge is 0.490 e. The van der Waals surface area contributed by atoms with Gasteiger partial charge in [-0.2, -0.15) is 0 Å². The number of carbonyl (C=O) groups is 1. The SMILES string of the molecule is CC(C)c1ccc(OCCOc2ccccc2C=CC(=O)O)cc1. The summed E-state index contributed by atoms with van der Waals surface area (Å²) in [5, 5.41) is 8.71. The van der Waals surface area contributed by atoms with Gasteiger partial charge in [-0.1, -0.05) is 44.2 Å². The van der Waals surface area contributed by atoms with Crippen molar-refractivity contribution < 1.29 is 19.4 Å². The predicted molar refractivity (Wildman–Crippen MR) is 94.6 cm³/mol. The van der Waals surface area contributed by atoms with Crippen LogP contribution in [0.4, 0.5) is 0 Å². The number of hydrogen-bond acceptors (Lipinski definition) is 3. The summed E-state index contributed by atoms with van der Waals surface area (Å²) in [7, 11) is 0. The molecule has 0 bridgehead atoms. The molecule has 0 aromatic heterocycles. The second-order valence-electron chi connectivity index (χ2n) is 5.63. The molecule has 0 aliphatic heterocycles. The van der Waals surface area contributed by atoms with Gasteiger partial charge in [-0.05, 0) is 35.8 Å². The Balaban J connectivity index is 1.85. The van der Waals surface area contributed by atoms with E-state index in [4.69, 9.17) is 14.6 Å². The maximum absolute atomic E-state index is 10.6. The summed E-state index contributed by atoms with van der Waals surface area (Å²) in [6, 6.07) is 15.3. The Hall–Kier alpha value is -2.75. The number of benzene rings is 2. The number of hydrogen-bond donors (Lipinski definition) is 1. The maximum Gasteiger partial charge on any atom is 0.328 e. The first-order chi connectivity index (χ1) is 11.6. The van der Waals surface area contributed by atoms with Crippen molar-refractivity contribution in [3.05, 3.63) is 65.7 Å². The first-order valence-corrected chi connectivity index (χ1v) is 7.92. The molecule has 0 saturated carbocycles. The molecule has 4 nitrogen and oxygen atoms in total. The van der Waals surface area contributed by atoms with Gasteiger partial charge in [0.25, 0.3) is 0 Å². The normalized spacial score (nSPS) is 11.0. The standard InChI is InChI=1S/C20H22O4/c1-15(2)16-7-10-18(11-8-16)23-13-14-24-19-6-4-3-5-17(19)9-12-20(21)22/h3-12,15H,13-14H2,1-2H3,(H,21,22). The van der Waals surface area contributed by atoms with Gasteiger partial charge in [0.2, 0.25) is 0 Å². The van der Waals surface area contributed by atoms with Crippen LogP contribution in [0.1, 0.15) is 30.9 Å². The van der Waals surface area contributed by atoms with E-state index in [0.29, 0.717) is 24.9 Å². The van der Waals surface area contributed by atoms with Crippen molar-refractivity contribution in [1.29, 1.82) is 0 Å².